The third-order valence-corrected chi connectivity index (χ3v) is 19.9. The van der Waals surface area contributed by atoms with Crippen LogP contribution >= 0.6 is 0 Å². The summed E-state index contributed by atoms with van der Waals surface area (Å²) in [5.74, 6) is -6.14. The fraction of sp³-hybridized carbons (Fsp3) is 0.908. The van der Waals surface area contributed by atoms with Crippen LogP contribution in [0.5, 0.6) is 0 Å². The van der Waals surface area contributed by atoms with Crippen molar-refractivity contribution in [3.63, 3.8) is 0 Å². The lowest BCUT2D eigenvalue weighted by Gasteiger charge is -2.50. The second-order valence-electron chi connectivity index (χ2n) is 28.6. The van der Waals surface area contributed by atoms with Crippen LogP contribution in [0.4, 0.5) is 0 Å². The van der Waals surface area contributed by atoms with Crippen LogP contribution in [0.3, 0.4) is 0 Å². The lowest BCUT2D eigenvalue weighted by Crippen LogP contribution is -2.70. The SMILES string of the molecule is CCCCCCCCCCCC/C=C\CCCCCCCCCC(=O)NC(COC1OC(CO)C(OC2OC(CO)C(O)C(OC3(C(=O)O)CC(O)C(NC(C)=O)C(C(O)C(O)CO)O3)C2O)C(O)C1O)C(O)/C=C/CCCCCCCCCCCCCCCCCCCCCCCC. The molecular formula is C76H140N2O21. The Kier molecular flexibility index (Phi) is 50.8. The average Bonchev–Trinajstić information content (AvgIpc) is 0.736. The molecular weight excluding hydrogens is 1280 g/mol. The van der Waals surface area contributed by atoms with E-state index in [1.165, 1.54) is 186 Å². The zero-order chi connectivity index (χ0) is 72.5. The molecule has 0 aromatic heterocycles. The topological polar surface area (TPSA) is 373 Å². The minimum Gasteiger partial charge on any atom is -0.477 e. The van der Waals surface area contributed by atoms with Crippen molar-refractivity contribution < 1.29 is 104 Å². The number of aliphatic carboxylic acids is 1. The number of unbranched alkanes of at least 4 members (excludes halogenated alkanes) is 39. The smallest absolute Gasteiger partial charge is 0.364 e. The molecule has 0 radical (unpaired) electrons. The maximum Gasteiger partial charge on any atom is 0.364 e. The second kappa shape index (κ2) is 55.7. The number of carboxylic acid groups (broad SMARTS) is 1. The van der Waals surface area contributed by atoms with E-state index in [1.54, 1.807) is 6.08 Å². The Morgan fingerprint density at radius 1 is 0.525 bits per heavy atom. The van der Waals surface area contributed by atoms with Gasteiger partial charge in [-0.15, -0.1) is 0 Å². The molecule has 23 nitrogen and oxygen atoms in total. The zero-order valence-corrected chi connectivity index (χ0v) is 61.1. The Balaban J connectivity index is 1.55. The van der Waals surface area contributed by atoms with Crippen molar-refractivity contribution >= 4 is 17.8 Å². The van der Waals surface area contributed by atoms with Gasteiger partial charge in [-0.05, 0) is 44.9 Å². The van der Waals surface area contributed by atoms with Gasteiger partial charge in [0, 0.05) is 19.8 Å². The second-order valence-corrected chi connectivity index (χ2v) is 28.6. The molecule has 3 aliphatic heterocycles. The van der Waals surface area contributed by atoms with Crippen molar-refractivity contribution in [3.8, 4) is 0 Å². The Bertz CT molecular complexity index is 2080. The molecule has 18 unspecified atom stereocenters. The maximum absolute atomic E-state index is 13.5. The summed E-state index contributed by atoms with van der Waals surface area (Å²) in [6.45, 7) is 2.18. The van der Waals surface area contributed by atoms with Crippen LogP contribution in [-0.2, 0) is 42.8 Å². The van der Waals surface area contributed by atoms with Gasteiger partial charge >= 0.3 is 5.97 Å². The van der Waals surface area contributed by atoms with Crippen molar-refractivity contribution in [2.75, 3.05) is 26.4 Å². The van der Waals surface area contributed by atoms with Gasteiger partial charge in [0.25, 0.3) is 5.79 Å². The number of amides is 2. The predicted octanol–water partition coefficient (Wildman–Crippen LogP) is 9.57. The van der Waals surface area contributed by atoms with Crippen LogP contribution in [0.25, 0.3) is 0 Å². The average molecular weight is 1420 g/mol. The number of carboxylic acids is 1. The van der Waals surface area contributed by atoms with E-state index in [-0.39, 0.29) is 12.3 Å². The first-order chi connectivity index (χ1) is 47.9. The van der Waals surface area contributed by atoms with Crippen LogP contribution in [0, 0.1) is 0 Å². The van der Waals surface area contributed by atoms with Crippen LogP contribution in [0.1, 0.15) is 303 Å². The fourth-order valence-corrected chi connectivity index (χ4v) is 13.6. The molecule has 0 spiro atoms. The van der Waals surface area contributed by atoms with E-state index < -0.39 is 155 Å². The molecule has 2 amide bonds. The van der Waals surface area contributed by atoms with Gasteiger partial charge in [-0.2, -0.15) is 0 Å². The molecule has 580 valence electrons. The van der Waals surface area contributed by atoms with E-state index in [0.29, 0.717) is 12.8 Å². The molecule has 0 bridgehead atoms. The number of aliphatic hydroxyl groups is 11. The monoisotopic (exact) mass is 1420 g/mol. The molecule has 23 heteroatoms. The largest absolute Gasteiger partial charge is 0.477 e. The molecule has 0 aromatic rings. The number of allylic oxidation sites excluding steroid dienone is 3. The van der Waals surface area contributed by atoms with Crippen molar-refractivity contribution in [3.05, 3.63) is 24.3 Å². The standard InChI is InChI=1S/C76H140N2O21/c1-4-6-8-10-12-14-16-18-20-22-24-26-27-28-30-31-33-35-37-39-41-43-45-47-49-58(83)57(78-63(86)50-48-46-44-42-40-38-36-34-32-29-25-23-21-19-17-15-13-11-9-7-5-2)55-94-73-68(90)67(89)70(62(54-81)96-73)97-74-69(91)72(66(88)61(53-80)95-74)99-76(75(92)93)51-59(84)64(77-56(3)82)71(98-76)65(87)60(85)52-79/h29,32,47,49,57-62,64-74,79-81,83-85,87-91H,4-28,30-31,33-46,48,50-55H2,1-3H3,(H,77,82)(H,78,86)(H,92,93)/b32-29-,49-47+. The highest BCUT2D eigenvalue weighted by Gasteiger charge is 2.60. The fourth-order valence-electron chi connectivity index (χ4n) is 13.6. The first-order valence-electron chi connectivity index (χ1n) is 39.2. The van der Waals surface area contributed by atoms with Crippen molar-refractivity contribution in [2.24, 2.45) is 0 Å². The first-order valence-corrected chi connectivity index (χ1v) is 39.2. The van der Waals surface area contributed by atoms with Gasteiger partial charge in [-0.25, -0.2) is 4.79 Å². The van der Waals surface area contributed by atoms with Crippen molar-refractivity contribution in [1.82, 2.24) is 10.6 Å². The Morgan fingerprint density at radius 3 is 1.37 bits per heavy atom. The van der Waals surface area contributed by atoms with E-state index >= 15 is 0 Å². The van der Waals surface area contributed by atoms with Crippen LogP contribution in [0.15, 0.2) is 24.3 Å². The normalized spacial score (nSPS) is 27.2. The molecule has 14 N–H and O–H groups in total. The summed E-state index contributed by atoms with van der Waals surface area (Å²) in [5, 5.41) is 136. The van der Waals surface area contributed by atoms with Gasteiger partial charge in [0.2, 0.25) is 11.8 Å². The van der Waals surface area contributed by atoms with Crippen molar-refractivity contribution in [1.29, 1.82) is 0 Å². The highest BCUT2D eigenvalue weighted by Crippen LogP contribution is 2.39. The maximum atomic E-state index is 13.5. The zero-order valence-electron chi connectivity index (χ0n) is 61.1. The van der Waals surface area contributed by atoms with Crippen LogP contribution < -0.4 is 10.6 Å². The third-order valence-electron chi connectivity index (χ3n) is 19.9. The molecule has 99 heavy (non-hydrogen) atoms. The lowest BCUT2D eigenvalue weighted by molar-refractivity contribution is -0.386. The number of aliphatic hydroxyl groups excluding tert-OH is 11. The summed E-state index contributed by atoms with van der Waals surface area (Å²) in [7, 11) is 0. The number of ether oxygens (including phenoxy) is 6. The molecule has 3 saturated heterocycles. The molecule has 3 rings (SSSR count). The van der Waals surface area contributed by atoms with Crippen LogP contribution in [-0.4, -0.2) is 215 Å². The highest BCUT2D eigenvalue weighted by molar-refractivity contribution is 5.77. The number of nitrogens with one attached hydrogen (secondary N) is 2. The van der Waals surface area contributed by atoms with E-state index in [0.717, 1.165) is 77.6 Å². The van der Waals surface area contributed by atoms with E-state index in [9.17, 15) is 75.7 Å². The Labute approximate surface area is 594 Å². The molecule has 0 aromatic carbocycles. The van der Waals surface area contributed by atoms with Crippen molar-refractivity contribution in [2.45, 2.75) is 413 Å². The number of hydrogen-bond donors (Lipinski definition) is 14. The summed E-state index contributed by atoms with van der Waals surface area (Å²) in [6, 6.07) is -2.62. The summed E-state index contributed by atoms with van der Waals surface area (Å²) in [4.78, 5) is 38.7. The van der Waals surface area contributed by atoms with E-state index in [4.69, 9.17) is 28.4 Å². The molecule has 0 aliphatic carbocycles. The minimum absolute atomic E-state index is 0.196. The summed E-state index contributed by atoms with van der Waals surface area (Å²) >= 11 is 0. The van der Waals surface area contributed by atoms with Gasteiger partial charge in [0.1, 0.15) is 67.1 Å². The van der Waals surface area contributed by atoms with Gasteiger partial charge in [-0.3, -0.25) is 9.59 Å². The summed E-state index contributed by atoms with van der Waals surface area (Å²) in [5.41, 5.74) is 0. The van der Waals surface area contributed by atoms with Crippen LogP contribution in [0.2, 0.25) is 0 Å². The summed E-state index contributed by atoms with van der Waals surface area (Å²) in [6.07, 6.45) is 30.7. The molecule has 3 aliphatic rings. The molecule has 3 heterocycles. The molecule has 3 fully saturated rings. The number of rotatable bonds is 61. The lowest BCUT2D eigenvalue weighted by atomic mass is 9.88. The Morgan fingerprint density at radius 2 is 0.949 bits per heavy atom. The van der Waals surface area contributed by atoms with Gasteiger partial charge in [0.15, 0.2) is 12.6 Å². The molecule has 0 saturated carbocycles. The van der Waals surface area contributed by atoms with Gasteiger partial charge in [0.05, 0.1) is 50.7 Å². The Hall–Kier alpha value is -2.79. The number of carbonyl (C=O) groups excluding carboxylic acids is 2. The minimum atomic E-state index is -3.08. The van der Waals surface area contributed by atoms with E-state index in [1.807, 2.05) is 6.08 Å². The predicted molar refractivity (Wildman–Crippen MR) is 380 cm³/mol. The quantitative estimate of drug-likeness (QED) is 0.0199. The van der Waals surface area contributed by atoms with Gasteiger partial charge in [-0.1, -0.05) is 263 Å². The highest BCUT2D eigenvalue weighted by atomic mass is 16.8. The van der Waals surface area contributed by atoms with Gasteiger partial charge < -0.3 is 100 Å². The van der Waals surface area contributed by atoms with E-state index in [2.05, 4.69) is 36.6 Å². The first kappa shape index (κ1) is 90.4. The summed E-state index contributed by atoms with van der Waals surface area (Å²) < 4.78 is 34.9. The number of carbonyl (C=O) groups is 3. The third kappa shape index (κ3) is 36.7. The number of hydrogen-bond acceptors (Lipinski definition) is 20. The molecule has 18 atom stereocenters.